The van der Waals surface area contributed by atoms with Crippen molar-refractivity contribution in [2.75, 3.05) is 18.0 Å². The van der Waals surface area contributed by atoms with Gasteiger partial charge in [0.2, 0.25) is 11.9 Å². The number of aryl methyl sites for hydroxylation is 2. The van der Waals surface area contributed by atoms with Gasteiger partial charge in [-0.2, -0.15) is 0 Å². The third-order valence-corrected chi connectivity index (χ3v) is 4.85. The highest BCUT2D eigenvalue weighted by Crippen LogP contribution is 2.15. The number of piperidine rings is 1. The second-order valence-electron chi connectivity index (χ2n) is 6.93. The van der Waals surface area contributed by atoms with Crippen molar-refractivity contribution in [2.24, 2.45) is 0 Å². The van der Waals surface area contributed by atoms with Crippen LogP contribution in [0.15, 0.2) is 22.0 Å². The maximum atomic E-state index is 12.3. The van der Waals surface area contributed by atoms with Gasteiger partial charge in [-0.05, 0) is 33.6 Å². The highest BCUT2D eigenvalue weighted by Gasteiger charge is 2.22. The van der Waals surface area contributed by atoms with E-state index in [9.17, 15) is 14.4 Å². The molecule has 27 heavy (non-hydrogen) atoms. The van der Waals surface area contributed by atoms with Gasteiger partial charge in [0.1, 0.15) is 6.54 Å². The van der Waals surface area contributed by atoms with Crippen molar-refractivity contribution in [1.29, 1.82) is 0 Å². The van der Waals surface area contributed by atoms with Crippen LogP contribution >= 0.6 is 0 Å². The molecule has 2 aromatic heterocycles. The van der Waals surface area contributed by atoms with E-state index < -0.39 is 0 Å². The van der Waals surface area contributed by atoms with Gasteiger partial charge in [-0.1, -0.05) is 0 Å². The maximum Gasteiger partial charge on any atom is 0.256 e. The summed E-state index contributed by atoms with van der Waals surface area (Å²) in [5, 5.41) is 2.98. The molecule has 3 heterocycles. The number of anilines is 1. The summed E-state index contributed by atoms with van der Waals surface area (Å²) in [4.78, 5) is 49.3. The molecular formula is C18H24N6O3. The zero-order valence-electron chi connectivity index (χ0n) is 15.8. The minimum atomic E-state index is -0.206. The summed E-state index contributed by atoms with van der Waals surface area (Å²) in [5.74, 6) is 0.361. The average molecular weight is 372 g/mol. The van der Waals surface area contributed by atoms with E-state index in [-0.39, 0.29) is 29.6 Å². The Balaban J connectivity index is 1.56. The number of aromatic amines is 1. The molecule has 0 aromatic carbocycles. The van der Waals surface area contributed by atoms with Gasteiger partial charge in [0, 0.05) is 42.1 Å². The molecule has 3 rings (SSSR count). The van der Waals surface area contributed by atoms with Gasteiger partial charge in [-0.3, -0.25) is 23.9 Å². The van der Waals surface area contributed by atoms with Crippen LogP contribution in [-0.2, 0) is 11.3 Å². The zero-order chi connectivity index (χ0) is 19.6. The largest absolute Gasteiger partial charge is 0.352 e. The number of hydrogen-bond donors (Lipinski definition) is 2. The monoisotopic (exact) mass is 372 g/mol. The smallest absolute Gasteiger partial charge is 0.256 e. The van der Waals surface area contributed by atoms with E-state index in [0.29, 0.717) is 36.0 Å². The Morgan fingerprint density at radius 3 is 2.63 bits per heavy atom. The fourth-order valence-corrected chi connectivity index (χ4v) is 3.17. The molecule has 0 radical (unpaired) electrons. The van der Waals surface area contributed by atoms with Crippen LogP contribution in [-0.4, -0.2) is 44.6 Å². The fraction of sp³-hybridized carbons (Fsp3) is 0.500. The Kier molecular flexibility index (Phi) is 5.38. The minimum absolute atomic E-state index is 0.0282. The number of nitrogens with zero attached hydrogens (tertiary/aromatic N) is 4. The lowest BCUT2D eigenvalue weighted by Gasteiger charge is -2.32. The molecule has 0 unspecified atom stereocenters. The fourth-order valence-electron chi connectivity index (χ4n) is 3.17. The third kappa shape index (κ3) is 4.42. The van der Waals surface area contributed by atoms with Gasteiger partial charge in [0.05, 0.1) is 6.33 Å². The Morgan fingerprint density at radius 1 is 1.26 bits per heavy atom. The van der Waals surface area contributed by atoms with Gasteiger partial charge in [0.15, 0.2) is 0 Å². The summed E-state index contributed by atoms with van der Waals surface area (Å²) in [7, 11) is 0. The molecule has 1 aliphatic heterocycles. The van der Waals surface area contributed by atoms with Gasteiger partial charge < -0.3 is 10.2 Å². The van der Waals surface area contributed by atoms with Crippen molar-refractivity contribution in [3.8, 4) is 0 Å². The molecule has 0 spiro atoms. The van der Waals surface area contributed by atoms with Crippen LogP contribution in [0.1, 0.15) is 29.8 Å². The van der Waals surface area contributed by atoms with E-state index in [0.717, 1.165) is 12.8 Å². The molecule has 1 aliphatic rings. The van der Waals surface area contributed by atoms with E-state index in [2.05, 4.69) is 20.3 Å². The van der Waals surface area contributed by atoms with E-state index in [1.54, 1.807) is 20.8 Å². The lowest BCUT2D eigenvalue weighted by atomic mass is 10.1. The number of carbonyl (C=O) groups excluding carboxylic acids is 1. The Hall–Kier alpha value is -2.97. The van der Waals surface area contributed by atoms with Crippen LogP contribution in [0, 0.1) is 20.8 Å². The lowest BCUT2D eigenvalue weighted by molar-refractivity contribution is -0.122. The first kappa shape index (κ1) is 18.8. The number of carbonyl (C=O) groups is 1. The summed E-state index contributed by atoms with van der Waals surface area (Å²) < 4.78 is 1.33. The maximum absolute atomic E-state index is 12.3. The van der Waals surface area contributed by atoms with Crippen molar-refractivity contribution in [1.82, 2.24) is 24.8 Å². The molecule has 0 bridgehead atoms. The molecule has 1 fully saturated rings. The van der Waals surface area contributed by atoms with Crippen LogP contribution in [0.4, 0.5) is 5.95 Å². The van der Waals surface area contributed by atoms with Gasteiger partial charge in [0.25, 0.3) is 11.1 Å². The molecule has 1 saturated heterocycles. The van der Waals surface area contributed by atoms with Crippen LogP contribution in [0.2, 0.25) is 0 Å². The Morgan fingerprint density at radius 2 is 1.96 bits per heavy atom. The third-order valence-electron chi connectivity index (χ3n) is 4.85. The predicted octanol–water partition coefficient (Wildman–Crippen LogP) is 0.0371. The Bertz CT molecular complexity index is 956. The number of hydrogen-bond acceptors (Lipinski definition) is 6. The zero-order valence-corrected chi connectivity index (χ0v) is 15.8. The molecule has 1 amide bonds. The van der Waals surface area contributed by atoms with Crippen molar-refractivity contribution >= 4 is 11.9 Å². The molecular weight excluding hydrogens is 348 g/mol. The van der Waals surface area contributed by atoms with Gasteiger partial charge >= 0.3 is 0 Å². The summed E-state index contributed by atoms with van der Waals surface area (Å²) in [5.41, 5.74) is 1.55. The predicted molar refractivity (Wildman–Crippen MR) is 101 cm³/mol. The van der Waals surface area contributed by atoms with Gasteiger partial charge in [-0.15, -0.1) is 0 Å². The number of H-pyrrole nitrogens is 1. The summed E-state index contributed by atoms with van der Waals surface area (Å²) >= 11 is 0. The van der Waals surface area contributed by atoms with Crippen molar-refractivity contribution in [3.05, 3.63) is 50.1 Å². The number of rotatable bonds is 4. The molecule has 2 N–H and O–H groups in total. The molecule has 0 saturated carbocycles. The first-order valence-corrected chi connectivity index (χ1v) is 8.98. The quantitative estimate of drug-likeness (QED) is 0.783. The molecule has 144 valence electrons. The molecule has 9 heteroatoms. The minimum Gasteiger partial charge on any atom is -0.352 e. The molecule has 0 atom stereocenters. The van der Waals surface area contributed by atoms with Crippen molar-refractivity contribution < 1.29 is 4.79 Å². The molecule has 9 nitrogen and oxygen atoms in total. The number of amides is 1. The SMILES string of the molecule is Cc1cc(=O)[nH]c(N2CCC(NC(=O)Cn3cnc(C)c(C)c3=O)CC2)n1. The topological polar surface area (TPSA) is 113 Å². The van der Waals surface area contributed by atoms with Gasteiger partial charge in [-0.25, -0.2) is 9.97 Å². The van der Waals surface area contributed by atoms with Crippen molar-refractivity contribution in [2.45, 2.75) is 46.2 Å². The molecule has 0 aliphatic carbocycles. The van der Waals surface area contributed by atoms with E-state index in [1.807, 2.05) is 4.90 Å². The Labute approximate surface area is 156 Å². The summed E-state index contributed by atoms with van der Waals surface area (Å²) in [6, 6.07) is 1.49. The van der Waals surface area contributed by atoms with Crippen LogP contribution in [0.5, 0.6) is 0 Å². The summed E-state index contributed by atoms with van der Waals surface area (Å²) in [6.07, 6.45) is 2.89. The summed E-state index contributed by atoms with van der Waals surface area (Å²) in [6.45, 7) is 6.59. The second kappa shape index (κ2) is 7.73. The normalized spacial score (nSPS) is 15.0. The number of aromatic nitrogens is 4. The first-order chi connectivity index (χ1) is 12.8. The molecule has 2 aromatic rings. The van der Waals surface area contributed by atoms with Crippen LogP contribution in [0.25, 0.3) is 0 Å². The van der Waals surface area contributed by atoms with Crippen LogP contribution < -0.4 is 21.3 Å². The van der Waals surface area contributed by atoms with Crippen molar-refractivity contribution in [3.63, 3.8) is 0 Å². The lowest BCUT2D eigenvalue weighted by Crippen LogP contribution is -2.46. The highest BCUT2D eigenvalue weighted by atomic mass is 16.2. The van der Waals surface area contributed by atoms with E-state index in [4.69, 9.17) is 0 Å². The average Bonchev–Trinajstić information content (AvgIpc) is 2.62. The second-order valence-corrected chi connectivity index (χ2v) is 6.93. The van der Waals surface area contributed by atoms with Crippen LogP contribution in [0.3, 0.4) is 0 Å². The highest BCUT2D eigenvalue weighted by molar-refractivity contribution is 5.76. The van der Waals surface area contributed by atoms with E-state index in [1.165, 1.54) is 17.0 Å². The first-order valence-electron chi connectivity index (χ1n) is 8.98. The number of nitrogens with one attached hydrogen (secondary N) is 2. The standard InChI is InChI=1S/C18H24N6O3/c1-11-8-15(25)22-18(20-11)23-6-4-14(5-7-23)21-16(26)9-24-10-19-13(3)12(2)17(24)27/h8,10,14H,4-7,9H2,1-3H3,(H,21,26)(H,20,22,25). The van der Waals surface area contributed by atoms with E-state index >= 15 is 0 Å².